The molecule has 0 bridgehead atoms. The summed E-state index contributed by atoms with van der Waals surface area (Å²) in [6.07, 6.45) is -8.62. The molecule has 104 valence electrons. The summed E-state index contributed by atoms with van der Waals surface area (Å²) in [5, 5.41) is -0.0999. The van der Waals surface area contributed by atoms with E-state index in [9.17, 15) is 26.3 Å². The summed E-state index contributed by atoms with van der Waals surface area (Å²) < 4.78 is 76.0. The predicted molar refractivity (Wildman–Crippen MR) is 55.5 cm³/mol. The highest BCUT2D eigenvalue weighted by atomic mass is 19.4. The summed E-state index contributed by atoms with van der Waals surface area (Å²) in [6, 6.07) is 0.639. The van der Waals surface area contributed by atoms with Crippen LogP contribution in [0.15, 0.2) is 12.3 Å². The van der Waals surface area contributed by atoms with Gasteiger partial charge in [0.25, 0.3) is 0 Å². The third-order valence-electron chi connectivity index (χ3n) is 2.72. The largest absolute Gasteiger partial charge is 0.488 e. The van der Waals surface area contributed by atoms with Crippen LogP contribution in [0.1, 0.15) is 17.0 Å². The number of pyridine rings is 1. The van der Waals surface area contributed by atoms with Crippen LogP contribution in [0.4, 0.5) is 26.3 Å². The zero-order valence-corrected chi connectivity index (χ0v) is 9.82. The molecular weight excluding hydrogens is 274 g/mol. The molecule has 19 heavy (non-hydrogen) atoms. The number of nitrogens with zero attached hydrogens (tertiary/aromatic N) is 2. The summed E-state index contributed by atoms with van der Waals surface area (Å²) in [5.74, 6) is 0. The first-order chi connectivity index (χ1) is 8.51. The van der Waals surface area contributed by atoms with Crippen LogP contribution in [0.25, 0.3) is 10.9 Å². The van der Waals surface area contributed by atoms with Crippen LogP contribution < -0.4 is 0 Å². The van der Waals surface area contributed by atoms with Gasteiger partial charge < -0.3 is 0 Å². The Hall–Kier alpha value is -1.73. The number of aryl methyl sites for hydroxylation is 2. The number of alkyl halides is 6. The molecule has 8 heteroatoms. The van der Waals surface area contributed by atoms with Gasteiger partial charge in [-0.25, -0.2) is 4.98 Å². The van der Waals surface area contributed by atoms with Gasteiger partial charge in [0.05, 0.1) is 11.2 Å². The Bertz CT molecular complexity index is 635. The van der Waals surface area contributed by atoms with Crippen LogP contribution in [-0.2, 0) is 12.5 Å². The Kier molecular flexibility index (Phi) is 2.80. The van der Waals surface area contributed by atoms with E-state index < -0.39 is 18.2 Å². The first-order valence-corrected chi connectivity index (χ1v) is 5.15. The molecule has 0 unspecified atom stereocenters. The lowest BCUT2D eigenvalue weighted by Gasteiger charge is -2.12. The fourth-order valence-corrected chi connectivity index (χ4v) is 1.94. The smallest absolute Gasteiger partial charge is 0.257 e. The van der Waals surface area contributed by atoms with Crippen molar-refractivity contribution < 1.29 is 26.3 Å². The minimum atomic E-state index is -4.70. The predicted octanol–water partition coefficient (Wildman–Crippen LogP) is 4.15. The molecule has 0 aliphatic carbocycles. The second-order valence-corrected chi connectivity index (χ2v) is 4.14. The van der Waals surface area contributed by atoms with Gasteiger partial charge in [-0.05, 0) is 25.5 Å². The van der Waals surface area contributed by atoms with Gasteiger partial charge in [-0.2, -0.15) is 13.2 Å². The van der Waals surface area contributed by atoms with Gasteiger partial charge in [0.1, 0.15) is 5.69 Å². The van der Waals surface area contributed by atoms with Gasteiger partial charge in [-0.1, -0.05) is 0 Å². The number of hydrogen-bond donors (Lipinski definition) is 0. The maximum absolute atomic E-state index is 12.8. The minimum absolute atomic E-state index is 0.0137. The van der Waals surface area contributed by atoms with Crippen molar-refractivity contribution in [1.29, 1.82) is 0 Å². The standard InChI is InChI=1S/C11H8F6N2/c1-5-4-19(11(15,16)17)9-6(2)18-8(3-7(5)9)10(12,13)14/h3-4H,1-2H3. The fourth-order valence-electron chi connectivity index (χ4n) is 1.94. The van der Waals surface area contributed by atoms with E-state index in [2.05, 4.69) is 4.98 Å². The second-order valence-electron chi connectivity index (χ2n) is 4.14. The van der Waals surface area contributed by atoms with Gasteiger partial charge in [0.15, 0.2) is 0 Å². The van der Waals surface area contributed by atoms with E-state index >= 15 is 0 Å². The van der Waals surface area contributed by atoms with Crippen LogP contribution in [0.3, 0.4) is 0 Å². The maximum Gasteiger partial charge on any atom is 0.488 e. The van der Waals surface area contributed by atoms with Crippen LogP contribution in [0.5, 0.6) is 0 Å². The summed E-state index contributed by atoms with van der Waals surface area (Å²) in [5.41, 5.74) is -1.74. The lowest BCUT2D eigenvalue weighted by molar-refractivity contribution is -0.200. The van der Waals surface area contributed by atoms with E-state index in [0.29, 0.717) is 6.07 Å². The number of fused-ring (bicyclic) bond motifs is 1. The molecule has 2 aromatic rings. The van der Waals surface area contributed by atoms with E-state index in [-0.39, 0.29) is 26.7 Å². The molecule has 0 saturated carbocycles. The van der Waals surface area contributed by atoms with Crippen molar-refractivity contribution in [1.82, 2.24) is 9.55 Å². The van der Waals surface area contributed by atoms with E-state index in [1.54, 1.807) is 0 Å². The molecule has 0 fully saturated rings. The number of aromatic nitrogens is 2. The molecule has 0 radical (unpaired) electrons. The lowest BCUT2D eigenvalue weighted by Crippen LogP contribution is -2.16. The van der Waals surface area contributed by atoms with Crippen molar-refractivity contribution >= 4 is 10.9 Å². The van der Waals surface area contributed by atoms with Crippen molar-refractivity contribution in [3.63, 3.8) is 0 Å². The van der Waals surface area contributed by atoms with Crippen molar-refractivity contribution in [3.8, 4) is 0 Å². The number of halogens is 6. The molecule has 2 nitrogen and oxygen atoms in total. The Morgan fingerprint density at radius 2 is 1.63 bits per heavy atom. The van der Waals surface area contributed by atoms with Crippen LogP contribution in [0.2, 0.25) is 0 Å². The monoisotopic (exact) mass is 282 g/mol. The average molecular weight is 282 g/mol. The van der Waals surface area contributed by atoms with Crippen LogP contribution in [0, 0.1) is 13.8 Å². The first kappa shape index (κ1) is 13.7. The molecule has 2 heterocycles. The molecule has 0 N–H and O–H groups in total. The molecule has 0 aliphatic rings. The number of hydrogen-bond acceptors (Lipinski definition) is 1. The zero-order chi connectivity index (χ0) is 14.6. The SMILES string of the molecule is Cc1cn(C(F)(F)F)c2c(C)nc(C(F)(F)F)cc12. The highest BCUT2D eigenvalue weighted by Gasteiger charge is 2.36. The van der Waals surface area contributed by atoms with E-state index in [1.165, 1.54) is 6.92 Å². The van der Waals surface area contributed by atoms with Crippen molar-refractivity contribution in [3.05, 3.63) is 29.2 Å². The first-order valence-electron chi connectivity index (χ1n) is 5.15. The zero-order valence-electron chi connectivity index (χ0n) is 9.82. The average Bonchev–Trinajstić information content (AvgIpc) is 2.55. The van der Waals surface area contributed by atoms with E-state index in [4.69, 9.17) is 0 Å². The van der Waals surface area contributed by atoms with Gasteiger partial charge in [0.2, 0.25) is 0 Å². The molecule has 0 atom stereocenters. The highest BCUT2D eigenvalue weighted by Crippen LogP contribution is 2.36. The summed E-state index contributed by atoms with van der Waals surface area (Å²) in [7, 11) is 0. The van der Waals surface area contributed by atoms with Crippen LogP contribution >= 0.6 is 0 Å². The molecule has 0 aromatic carbocycles. The summed E-state index contributed by atoms with van der Waals surface area (Å²) in [4.78, 5) is 3.21. The van der Waals surface area contributed by atoms with Gasteiger partial charge >= 0.3 is 12.5 Å². The van der Waals surface area contributed by atoms with E-state index in [0.717, 1.165) is 13.1 Å². The highest BCUT2D eigenvalue weighted by molar-refractivity contribution is 5.86. The van der Waals surface area contributed by atoms with Gasteiger partial charge in [0, 0.05) is 11.6 Å². The molecule has 0 spiro atoms. The third kappa shape index (κ3) is 2.26. The van der Waals surface area contributed by atoms with E-state index in [1.807, 2.05) is 0 Å². The molecule has 0 saturated heterocycles. The quantitative estimate of drug-likeness (QED) is 0.664. The molecular formula is C11H8F6N2. The summed E-state index contributed by atoms with van der Waals surface area (Å²) in [6.45, 7) is 2.45. The van der Waals surface area contributed by atoms with Crippen molar-refractivity contribution in [2.45, 2.75) is 26.3 Å². The number of rotatable bonds is 0. The Balaban J connectivity index is 2.83. The van der Waals surface area contributed by atoms with Gasteiger partial charge in [-0.3, -0.25) is 4.57 Å². The van der Waals surface area contributed by atoms with Crippen molar-refractivity contribution in [2.24, 2.45) is 0 Å². The van der Waals surface area contributed by atoms with Crippen molar-refractivity contribution in [2.75, 3.05) is 0 Å². The fraction of sp³-hybridized carbons (Fsp3) is 0.364. The molecule has 0 amide bonds. The second kappa shape index (κ2) is 3.88. The molecule has 0 aliphatic heterocycles. The Morgan fingerprint density at radius 3 is 2.11 bits per heavy atom. The molecule has 2 rings (SSSR count). The normalized spacial score (nSPS) is 13.3. The minimum Gasteiger partial charge on any atom is -0.257 e. The lowest BCUT2D eigenvalue weighted by atomic mass is 10.1. The maximum atomic E-state index is 12.8. The summed E-state index contributed by atoms with van der Waals surface area (Å²) >= 11 is 0. The third-order valence-corrected chi connectivity index (χ3v) is 2.72. The Morgan fingerprint density at radius 1 is 1.05 bits per heavy atom. The topological polar surface area (TPSA) is 17.8 Å². The van der Waals surface area contributed by atoms with Crippen LogP contribution in [-0.4, -0.2) is 9.55 Å². The van der Waals surface area contributed by atoms with Gasteiger partial charge in [-0.15, -0.1) is 13.2 Å². The molecule has 2 aromatic heterocycles. The Labute approximate surface area is 103 Å².